The molecule has 30 heavy (non-hydrogen) atoms. The highest BCUT2D eigenvalue weighted by molar-refractivity contribution is 7.13. The van der Waals surface area contributed by atoms with Gasteiger partial charge < -0.3 is 5.11 Å². The Balaban J connectivity index is 1.59. The van der Waals surface area contributed by atoms with Crippen LogP contribution in [0, 0.1) is 11.8 Å². The minimum Gasteiger partial charge on any atom is -0.477 e. The molecular formula is C23H22ClF3O2S. The molecule has 1 saturated carbocycles. The number of benzene rings is 1. The Bertz CT molecular complexity index is 944. The number of thiophene rings is 1. The number of hydrogen-bond acceptors (Lipinski definition) is 2. The molecule has 2 aromatic rings. The van der Waals surface area contributed by atoms with Crippen LogP contribution in [0.15, 0.2) is 48.2 Å². The number of aryl methyl sites for hydroxylation is 1. The highest BCUT2D eigenvalue weighted by atomic mass is 35.5. The highest BCUT2D eigenvalue weighted by Crippen LogP contribution is 2.39. The summed E-state index contributed by atoms with van der Waals surface area (Å²) in [6.45, 7) is 0. The summed E-state index contributed by atoms with van der Waals surface area (Å²) in [6.07, 6.45) is 3.63. The number of carboxylic acids is 1. The van der Waals surface area contributed by atoms with Gasteiger partial charge in [0.2, 0.25) is 0 Å². The van der Waals surface area contributed by atoms with Crippen LogP contribution in [0.2, 0.25) is 0 Å². The molecule has 1 N–H and O–H groups in total. The number of carboxylic acid groups (broad SMARTS) is 1. The van der Waals surface area contributed by atoms with E-state index in [1.165, 1.54) is 17.4 Å². The molecule has 1 aromatic carbocycles. The fraction of sp³-hybridized carbons (Fsp3) is 0.391. The van der Waals surface area contributed by atoms with E-state index in [9.17, 15) is 18.0 Å². The summed E-state index contributed by atoms with van der Waals surface area (Å²) >= 11 is 7.81. The van der Waals surface area contributed by atoms with Crippen molar-refractivity contribution in [2.24, 2.45) is 11.8 Å². The molecule has 1 heterocycles. The second-order valence-electron chi connectivity index (χ2n) is 7.49. The van der Waals surface area contributed by atoms with Crippen molar-refractivity contribution in [3.8, 4) is 0 Å². The Morgan fingerprint density at radius 3 is 2.77 bits per heavy atom. The van der Waals surface area contributed by atoms with E-state index in [4.69, 9.17) is 16.7 Å². The predicted octanol–water partition coefficient (Wildman–Crippen LogP) is 7.29. The molecule has 0 radical (unpaired) electrons. The van der Waals surface area contributed by atoms with Crippen LogP contribution in [0.3, 0.4) is 0 Å². The lowest BCUT2D eigenvalue weighted by atomic mass is 9.90. The second-order valence-corrected chi connectivity index (χ2v) is 9.21. The van der Waals surface area contributed by atoms with Crippen LogP contribution in [0.25, 0.3) is 6.08 Å². The molecule has 0 unspecified atom stereocenters. The zero-order chi connectivity index (χ0) is 21.7. The van der Waals surface area contributed by atoms with Crippen LogP contribution < -0.4 is 0 Å². The van der Waals surface area contributed by atoms with Crippen LogP contribution in [0.4, 0.5) is 13.2 Å². The number of halogens is 4. The first-order chi connectivity index (χ1) is 14.2. The molecule has 3 atom stereocenters. The van der Waals surface area contributed by atoms with E-state index in [2.05, 4.69) is 5.73 Å². The van der Waals surface area contributed by atoms with Crippen molar-refractivity contribution in [3.63, 3.8) is 0 Å². The first-order valence-corrected chi connectivity index (χ1v) is 11.1. The average Bonchev–Trinajstić information content (AvgIpc) is 3.30. The summed E-state index contributed by atoms with van der Waals surface area (Å²) in [5, 5.41) is 9.08. The van der Waals surface area contributed by atoms with E-state index in [1.807, 2.05) is 12.1 Å². The summed E-state index contributed by atoms with van der Waals surface area (Å²) in [6, 6.07) is 8.67. The monoisotopic (exact) mass is 454 g/mol. The van der Waals surface area contributed by atoms with Gasteiger partial charge in [-0.3, -0.25) is 0 Å². The quantitative estimate of drug-likeness (QED) is 0.352. The van der Waals surface area contributed by atoms with E-state index in [0.717, 1.165) is 49.1 Å². The standard InChI is InChI=1S/C23H22ClF3O2S/c24-20-12-10-16(6-1-4-15-5-2-7-17(14-15)23(25,26)27)19(20)9-3-8-18-11-13-21(30-18)22(28)29/h2,4-7,11,13-14,16,19-20H,3,8-10,12H2,(H,28,29)/t1?,16-,19+,20+/m0/s1. The molecule has 0 spiro atoms. The minimum atomic E-state index is -4.36. The van der Waals surface area contributed by atoms with E-state index >= 15 is 0 Å². The Labute approximate surface area is 182 Å². The summed E-state index contributed by atoms with van der Waals surface area (Å²) in [5.74, 6) is -0.374. The summed E-state index contributed by atoms with van der Waals surface area (Å²) in [4.78, 5) is 12.4. The molecule has 0 bridgehead atoms. The van der Waals surface area contributed by atoms with Crippen LogP contribution in [0.5, 0.6) is 0 Å². The topological polar surface area (TPSA) is 37.3 Å². The fourth-order valence-electron chi connectivity index (χ4n) is 3.86. The molecule has 1 aromatic heterocycles. The average molecular weight is 455 g/mol. The molecule has 3 rings (SSSR count). The van der Waals surface area contributed by atoms with Gasteiger partial charge in [-0.1, -0.05) is 12.1 Å². The number of rotatable bonds is 7. The number of carbonyl (C=O) groups is 1. The Hall–Kier alpha value is -2.01. The normalized spacial score (nSPS) is 21.3. The van der Waals surface area contributed by atoms with Gasteiger partial charge in [0.15, 0.2) is 0 Å². The Morgan fingerprint density at radius 2 is 2.07 bits per heavy atom. The number of hydrogen-bond donors (Lipinski definition) is 1. The summed E-state index contributed by atoms with van der Waals surface area (Å²) in [5.41, 5.74) is 2.85. The minimum absolute atomic E-state index is 0.0690. The third-order valence-electron chi connectivity index (χ3n) is 5.40. The van der Waals surface area contributed by atoms with E-state index in [0.29, 0.717) is 10.4 Å². The van der Waals surface area contributed by atoms with Gasteiger partial charge in [0.1, 0.15) is 4.88 Å². The van der Waals surface area contributed by atoms with Gasteiger partial charge in [-0.15, -0.1) is 28.7 Å². The van der Waals surface area contributed by atoms with Gasteiger partial charge in [-0.2, -0.15) is 13.2 Å². The molecule has 1 fully saturated rings. The first-order valence-electron chi connectivity index (χ1n) is 9.80. The molecule has 0 amide bonds. The van der Waals surface area contributed by atoms with E-state index in [-0.39, 0.29) is 17.2 Å². The predicted molar refractivity (Wildman–Crippen MR) is 114 cm³/mol. The van der Waals surface area contributed by atoms with Gasteiger partial charge in [0.25, 0.3) is 0 Å². The van der Waals surface area contributed by atoms with Gasteiger partial charge in [-0.25, -0.2) is 4.79 Å². The van der Waals surface area contributed by atoms with E-state index < -0.39 is 17.7 Å². The van der Waals surface area contributed by atoms with Crippen molar-refractivity contribution in [2.75, 3.05) is 0 Å². The molecule has 7 heteroatoms. The summed E-state index contributed by atoms with van der Waals surface area (Å²) < 4.78 is 38.5. The zero-order valence-electron chi connectivity index (χ0n) is 16.2. The number of allylic oxidation sites excluding steroid dienone is 1. The lowest BCUT2D eigenvalue weighted by Crippen LogP contribution is -2.13. The maximum atomic E-state index is 12.8. The largest absolute Gasteiger partial charge is 0.477 e. The van der Waals surface area contributed by atoms with Crippen LogP contribution >= 0.6 is 22.9 Å². The number of alkyl halides is 4. The van der Waals surface area contributed by atoms with E-state index in [1.54, 1.807) is 18.2 Å². The zero-order valence-corrected chi connectivity index (χ0v) is 17.7. The van der Waals surface area contributed by atoms with Crippen LogP contribution in [0.1, 0.15) is 51.4 Å². The van der Waals surface area contributed by atoms with Gasteiger partial charge >= 0.3 is 12.1 Å². The second kappa shape index (κ2) is 9.86. The molecule has 0 aliphatic heterocycles. The van der Waals surface area contributed by atoms with Gasteiger partial charge in [-0.05, 0) is 85.9 Å². The van der Waals surface area contributed by atoms with Gasteiger partial charge in [0, 0.05) is 10.3 Å². The van der Waals surface area contributed by atoms with Crippen LogP contribution in [-0.2, 0) is 12.6 Å². The summed E-state index contributed by atoms with van der Waals surface area (Å²) in [7, 11) is 0. The first kappa shape index (κ1) is 22.7. The van der Waals surface area contributed by atoms with Crippen LogP contribution in [-0.4, -0.2) is 16.5 Å². The van der Waals surface area contributed by atoms with Gasteiger partial charge in [0.05, 0.1) is 5.56 Å². The SMILES string of the molecule is O=C(O)c1ccc(CCC[C@H]2[C@H](Cl)CC[C@@H]2C=C=Cc2cccc(C(F)(F)F)c2)s1. The van der Waals surface area contributed by atoms with Crippen molar-refractivity contribution in [1.29, 1.82) is 0 Å². The fourth-order valence-corrected chi connectivity index (χ4v) is 5.19. The molecule has 0 saturated heterocycles. The maximum Gasteiger partial charge on any atom is 0.416 e. The molecule has 2 nitrogen and oxygen atoms in total. The van der Waals surface area contributed by atoms with Crippen molar-refractivity contribution in [2.45, 2.75) is 43.7 Å². The Morgan fingerprint density at radius 1 is 1.27 bits per heavy atom. The highest BCUT2D eigenvalue weighted by Gasteiger charge is 2.33. The maximum absolute atomic E-state index is 12.8. The Kier molecular flexibility index (Phi) is 7.45. The third kappa shape index (κ3) is 6.00. The van der Waals surface area contributed by atoms with Crippen molar-refractivity contribution >= 4 is 35.0 Å². The third-order valence-corrected chi connectivity index (χ3v) is 7.07. The molecular weight excluding hydrogens is 433 g/mol. The smallest absolute Gasteiger partial charge is 0.416 e. The van der Waals surface area contributed by atoms with Crippen molar-refractivity contribution < 1.29 is 23.1 Å². The van der Waals surface area contributed by atoms with Crippen molar-refractivity contribution in [1.82, 2.24) is 0 Å². The molecule has 1 aliphatic carbocycles. The number of aromatic carboxylic acids is 1. The lowest BCUT2D eigenvalue weighted by molar-refractivity contribution is -0.137. The van der Waals surface area contributed by atoms with Crippen molar-refractivity contribution in [3.05, 3.63) is 69.1 Å². The molecule has 1 aliphatic rings. The lowest BCUT2D eigenvalue weighted by Gasteiger charge is -2.18. The molecule has 160 valence electrons.